The topological polar surface area (TPSA) is 133 Å². The molecule has 258 valence electrons. The summed E-state index contributed by atoms with van der Waals surface area (Å²) in [5.74, 6) is -3.50. The minimum Gasteiger partial charge on any atom is -0.465 e. The molecule has 0 radical (unpaired) electrons. The minimum absolute atomic E-state index is 0.0403. The number of esters is 1. The predicted octanol–water partition coefficient (Wildman–Crippen LogP) is 5.32. The Morgan fingerprint density at radius 3 is 2.29 bits per heavy atom. The molecule has 0 bridgehead atoms. The Bertz CT molecular complexity index is 2080. The number of carbonyl (C=O) groups is 2. The predicted molar refractivity (Wildman–Crippen MR) is 180 cm³/mol. The number of amides is 1. The van der Waals surface area contributed by atoms with E-state index in [2.05, 4.69) is 10.0 Å². The zero-order chi connectivity index (χ0) is 35.5. The van der Waals surface area contributed by atoms with E-state index in [1.807, 2.05) is 27.7 Å². The van der Waals surface area contributed by atoms with Gasteiger partial charge in [0.1, 0.15) is 11.3 Å². The summed E-state index contributed by atoms with van der Waals surface area (Å²) >= 11 is 0. The van der Waals surface area contributed by atoms with Crippen LogP contribution in [0.3, 0.4) is 0 Å². The van der Waals surface area contributed by atoms with Crippen LogP contribution in [-0.4, -0.2) is 52.8 Å². The van der Waals surface area contributed by atoms with E-state index >= 15 is 0 Å². The fourth-order valence-electron chi connectivity index (χ4n) is 5.92. The summed E-state index contributed by atoms with van der Waals surface area (Å²) in [4.78, 5) is 25.8. The number of rotatable bonds is 10. The number of fused-ring (bicyclic) bond motifs is 1. The molecule has 2 heterocycles. The molecule has 2 N–H and O–H groups in total. The van der Waals surface area contributed by atoms with E-state index in [0.717, 1.165) is 30.5 Å². The van der Waals surface area contributed by atoms with Crippen molar-refractivity contribution in [3.8, 4) is 11.3 Å². The van der Waals surface area contributed by atoms with Gasteiger partial charge in [0.2, 0.25) is 10.0 Å². The van der Waals surface area contributed by atoms with Crippen LogP contribution in [-0.2, 0) is 36.4 Å². The van der Waals surface area contributed by atoms with Crippen LogP contribution in [0.4, 0.5) is 8.78 Å². The van der Waals surface area contributed by atoms with Crippen molar-refractivity contribution in [1.29, 1.82) is 0 Å². The summed E-state index contributed by atoms with van der Waals surface area (Å²) in [6, 6.07) is 11.5. The molecule has 1 aliphatic heterocycles. The van der Waals surface area contributed by atoms with Gasteiger partial charge >= 0.3 is 13.1 Å². The van der Waals surface area contributed by atoms with E-state index in [0.29, 0.717) is 22.0 Å². The van der Waals surface area contributed by atoms with Gasteiger partial charge in [0.25, 0.3) is 5.91 Å². The van der Waals surface area contributed by atoms with Crippen molar-refractivity contribution in [1.82, 2.24) is 10.0 Å². The first kappa shape index (κ1) is 34.7. The van der Waals surface area contributed by atoms with E-state index in [9.17, 15) is 26.8 Å². The molecular formula is C35H37BF2N2O8S. The first-order chi connectivity index (χ1) is 23.0. The molecule has 6 rings (SSSR count). The van der Waals surface area contributed by atoms with E-state index in [1.54, 1.807) is 30.3 Å². The number of carbonyl (C=O) groups excluding carboxylic acids is 2. The highest BCUT2D eigenvalue weighted by Gasteiger charge is 2.52. The Labute approximate surface area is 283 Å². The molecule has 0 spiro atoms. The van der Waals surface area contributed by atoms with Crippen molar-refractivity contribution in [3.63, 3.8) is 0 Å². The summed E-state index contributed by atoms with van der Waals surface area (Å²) in [6.07, 6.45) is 1.70. The summed E-state index contributed by atoms with van der Waals surface area (Å²) in [7, 11) is -2.06. The molecular weight excluding hydrogens is 657 g/mol. The molecule has 4 aromatic rings. The number of hydrogen-bond donors (Lipinski definition) is 2. The van der Waals surface area contributed by atoms with Crippen LogP contribution >= 0.6 is 0 Å². The molecule has 10 nitrogen and oxygen atoms in total. The van der Waals surface area contributed by atoms with Crippen molar-refractivity contribution in [2.24, 2.45) is 0 Å². The zero-order valence-corrected chi connectivity index (χ0v) is 28.8. The second-order valence-corrected chi connectivity index (χ2v) is 15.2. The summed E-state index contributed by atoms with van der Waals surface area (Å²) in [5, 5.41) is 3.01. The van der Waals surface area contributed by atoms with Gasteiger partial charge in [-0.2, -0.15) is 0 Å². The number of hydrogen-bond acceptors (Lipinski definition) is 8. The van der Waals surface area contributed by atoms with Crippen LogP contribution in [0.15, 0.2) is 52.9 Å². The van der Waals surface area contributed by atoms with Crippen molar-refractivity contribution in [2.75, 3.05) is 14.2 Å². The largest absolute Gasteiger partial charge is 0.495 e. The van der Waals surface area contributed by atoms with Gasteiger partial charge in [-0.05, 0) is 105 Å². The van der Waals surface area contributed by atoms with Crippen molar-refractivity contribution in [3.05, 3.63) is 88.0 Å². The Balaban J connectivity index is 1.29. The molecule has 0 unspecified atom stereocenters. The highest BCUT2D eigenvalue weighted by molar-refractivity contribution is 7.88. The lowest BCUT2D eigenvalue weighted by Gasteiger charge is -2.32. The lowest BCUT2D eigenvalue weighted by atomic mass is 9.75. The fourth-order valence-corrected chi connectivity index (χ4v) is 7.07. The third-order valence-electron chi connectivity index (χ3n) is 9.47. The molecule has 1 saturated carbocycles. The van der Waals surface area contributed by atoms with Crippen LogP contribution in [0, 0.1) is 11.6 Å². The molecule has 1 aliphatic carbocycles. The van der Waals surface area contributed by atoms with Gasteiger partial charge in [-0.25, -0.2) is 26.7 Å². The van der Waals surface area contributed by atoms with Gasteiger partial charge in [-0.15, -0.1) is 0 Å². The Morgan fingerprint density at radius 2 is 1.67 bits per heavy atom. The van der Waals surface area contributed by atoms with Gasteiger partial charge in [0.15, 0.2) is 11.6 Å². The second-order valence-electron chi connectivity index (χ2n) is 13.4. The maximum absolute atomic E-state index is 14.2. The third-order valence-corrected chi connectivity index (χ3v) is 10.8. The average molecular weight is 695 g/mol. The van der Waals surface area contributed by atoms with Gasteiger partial charge in [0.05, 0.1) is 35.2 Å². The quantitative estimate of drug-likeness (QED) is 0.169. The Morgan fingerprint density at radius 1 is 0.980 bits per heavy atom. The lowest BCUT2D eigenvalue weighted by Crippen LogP contribution is -2.41. The van der Waals surface area contributed by atoms with Gasteiger partial charge in [0, 0.05) is 24.5 Å². The van der Waals surface area contributed by atoms with Crippen molar-refractivity contribution >= 4 is 45.5 Å². The van der Waals surface area contributed by atoms with E-state index < -0.39 is 51.9 Å². The van der Waals surface area contributed by atoms with Crippen LogP contribution in [0.25, 0.3) is 22.3 Å². The molecule has 1 amide bonds. The minimum atomic E-state index is -3.94. The first-order valence-electron chi connectivity index (χ1n) is 15.8. The number of benzene rings is 3. The number of sulfonamides is 1. The lowest BCUT2D eigenvalue weighted by molar-refractivity contribution is 0.00578. The molecule has 1 aromatic heterocycles. The number of nitrogens with one attached hydrogen (secondary N) is 2. The number of methoxy groups -OCH3 is 1. The van der Waals surface area contributed by atoms with Crippen LogP contribution in [0.1, 0.15) is 83.9 Å². The molecule has 49 heavy (non-hydrogen) atoms. The van der Waals surface area contributed by atoms with Crippen molar-refractivity contribution in [2.45, 2.75) is 70.0 Å². The summed E-state index contributed by atoms with van der Waals surface area (Å²) < 4.78 is 80.8. The average Bonchev–Trinajstić information content (AvgIpc) is 3.78. The summed E-state index contributed by atoms with van der Waals surface area (Å²) in [5.41, 5.74) is 1.69. The number of furan rings is 1. The smallest absolute Gasteiger partial charge is 0.465 e. The standard InChI is InChI=1S/C35H37BF2N2O8S/c1-34(2)35(3,4)48-36(47-34)26-11-7-19(13-24(26)33(42)45-6)17-40-49(43,44)18-22-15-29-25(16-23(22)20-8-9-20)30(32(41)39-5)31(46-29)21-10-12-27(37)28(38)14-21/h7,10-16,20,40H,8-9,17-18H2,1-6H3,(H,39,41). The first-order valence-corrected chi connectivity index (χ1v) is 17.5. The number of ether oxygens (including phenoxy) is 1. The maximum Gasteiger partial charge on any atom is 0.495 e. The third kappa shape index (κ3) is 6.74. The highest BCUT2D eigenvalue weighted by Crippen LogP contribution is 2.45. The van der Waals surface area contributed by atoms with Gasteiger partial charge in [-0.1, -0.05) is 12.1 Å². The monoisotopic (exact) mass is 694 g/mol. The molecule has 3 aromatic carbocycles. The SMILES string of the molecule is CNC(=O)c1c(-c2ccc(F)c(F)c2)oc2cc(CS(=O)(=O)NCc3ccc(B4OC(C)(C)C(C)(C)O4)c(C(=O)OC)c3)c(C3CC3)cc12. The molecule has 1 saturated heterocycles. The van der Waals surface area contributed by atoms with Crippen molar-refractivity contribution < 1.29 is 45.3 Å². The van der Waals surface area contributed by atoms with Gasteiger partial charge < -0.3 is 23.8 Å². The second kappa shape index (κ2) is 12.7. The number of halogens is 2. The summed E-state index contributed by atoms with van der Waals surface area (Å²) in [6.45, 7) is 7.49. The Hall–Kier alpha value is -4.11. The van der Waals surface area contributed by atoms with E-state index in [-0.39, 0.29) is 46.2 Å². The molecule has 2 fully saturated rings. The Kier molecular flexibility index (Phi) is 8.97. The normalized spacial score (nSPS) is 17.0. The highest BCUT2D eigenvalue weighted by atomic mass is 32.2. The van der Waals surface area contributed by atoms with Crippen LogP contribution in [0.2, 0.25) is 0 Å². The molecule has 0 atom stereocenters. The zero-order valence-electron chi connectivity index (χ0n) is 28.0. The van der Waals surface area contributed by atoms with Crippen LogP contribution in [0.5, 0.6) is 0 Å². The molecule has 2 aliphatic rings. The molecule has 14 heteroatoms. The van der Waals surface area contributed by atoms with E-state index in [4.69, 9.17) is 18.5 Å². The van der Waals surface area contributed by atoms with E-state index in [1.165, 1.54) is 20.2 Å². The maximum atomic E-state index is 14.2. The fraction of sp³-hybridized carbons (Fsp3) is 0.371. The van der Waals surface area contributed by atoms with Gasteiger partial charge in [-0.3, -0.25) is 4.79 Å². The van der Waals surface area contributed by atoms with Crippen LogP contribution < -0.4 is 15.5 Å².